The van der Waals surface area contributed by atoms with Gasteiger partial charge in [-0.1, -0.05) is 158 Å². The topological polar surface area (TPSA) is 25.8 Å². The van der Waals surface area contributed by atoms with Crippen LogP contribution in [0.1, 0.15) is 22.3 Å². The Morgan fingerprint density at radius 3 is 1.82 bits per heavy atom. The van der Waals surface area contributed by atoms with Gasteiger partial charge in [0.2, 0.25) is 0 Å². The largest absolute Gasteiger partial charge is 0.228 e. The molecule has 1 heterocycles. The van der Waals surface area contributed by atoms with E-state index in [1.807, 2.05) is 0 Å². The molecule has 1 spiro atoms. The standard InChI is InChI=1S/C49H30N2/c1-2-14-31(15-3-1)32-18-12-19-35(28-32)47-38-22-8-11-27-45(38)50-48(51-47)39-23-13-26-43-46(39)37-21-7-10-25-42(37)49(43)41-24-9-6-20-36(41)40-29-33-16-4-5-17-34(33)30-44(40)49/h1-30H. The molecule has 0 saturated heterocycles. The van der Waals surface area contributed by atoms with Crippen molar-refractivity contribution in [2.75, 3.05) is 0 Å². The molecule has 236 valence electrons. The summed E-state index contributed by atoms with van der Waals surface area (Å²) in [5, 5.41) is 3.56. The van der Waals surface area contributed by atoms with Gasteiger partial charge in [-0.15, -0.1) is 0 Å². The van der Waals surface area contributed by atoms with E-state index in [0.29, 0.717) is 0 Å². The molecule has 0 N–H and O–H groups in total. The summed E-state index contributed by atoms with van der Waals surface area (Å²) in [4.78, 5) is 10.8. The fraction of sp³-hybridized carbons (Fsp3) is 0.0204. The first-order valence-electron chi connectivity index (χ1n) is 17.6. The van der Waals surface area contributed by atoms with Crippen molar-refractivity contribution in [2.45, 2.75) is 5.41 Å². The molecule has 9 aromatic rings. The van der Waals surface area contributed by atoms with Crippen molar-refractivity contribution in [3.63, 3.8) is 0 Å². The molecule has 2 nitrogen and oxygen atoms in total. The lowest BCUT2D eigenvalue weighted by Crippen LogP contribution is -2.25. The number of hydrogen-bond donors (Lipinski definition) is 0. The van der Waals surface area contributed by atoms with Crippen LogP contribution in [0.2, 0.25) is 0 Å². The number of benzene rings is 8. The van der Waals surface area contributed by atoms with Crippen LogP contribution < -0.4 is 0 Å². The molecule has 0 fully saturated rings. The van der Waals surface area contributed by atoms with Gasteiger partial charge in [0, 0.05) is 16.5 Å². The maximum Gasteiger partial charge on any atom is 0.161 e. The van der Waals surface area contributed by atoms with Crippen LogP contribution in [0, 0.1) is 0 Å². The number of nitrogens with zero attached hydrogens (tertiary/aromatic N) is 2. The zero-order valence-corrected chi connectivity index (χ0v) is 27.7. The van der Waals surface area contributed by atoms with Gasteiger partial charge >= 0.3 is 0 Å². The molecule has 0 bridgehead atoms. The zero-order valence-electron chi connectivity index (χ0n) is 27.7. The van der Waals surface area contributed by atoms with E-state index in [1.54, 1.807) is 0 Å². The van der Waals surface area contributed by atoms with Crippen LogP contribution >= 0.6 is 0 Å². The average Bonchev–Trinajstić information content (AvgIpc) is 3.67. The van der Waals surface area contributed by atoms with E-state index in [2.05, 4.69) is 182 Å². The average molecular weight is 647 g/mol. The van der Waals surface area contributed by atoms with Gasteiger partial charge in [-0.3, -0.25) is 0 Å². The molecular weight excluding hydrogens is 617 g/mol. The van der Waals surface area contributed by atoms with Crippen LogP contribution in [0.15, 0.2) is 182 Å². The Morgan fingerprint density at radius 2 is 0.961 bits per heavy atom. The molecule has 2 aliphatic carbocycles. The maximum atomic E-state index is 5.46. The number of fused-ring (bicyclic) bond motifs is 12. The lowest BCUT2D eigenvalue weighted by Gasteiger charge is -2.30. The van der Waals surface area contributed by atoms with E-state index in [-0.39, 0.29) is 0 Å². The summed E-state index contributed by atoms with van der Waals surface area (Å²) >= 11 is 0. The van der Waals surface area contributed by atoms with Gasteiger partial charge in [0.15, 0.2) is 5.82 Å². The first-order valence-corrected chi connectivity index (χ1v) is 17.6. The molecule has 0 saturated carbocycles. The Morgan fingerprint density at radius 1 is 0.353 bits per heavy atom. The van der Waals surface area contributed by atoms with Gasteiger partial charge < -0.3 is 0 Å². The van der Waals surface area contributed by atoms with E-state index in [1.165, 1.54) is 66.4 Å². The molecular formula is C49H30N2. The van der Waals surface area contributed by atoms with Crippen LogP contribution in [0.25, 0.3) is 77.7 Å². The first kappa shape index (κ1) is 28.2. The van der Waals surface area contributed by atoms with Crippen molar-refractivity contribution in [3.8, 4) is 56.0 Å². The predicted octanol–water partition coefficient (Wildman–Crippen LogP) is 12.1. The van der Waals surface area contributed by atoms with E-state index in [4.69, 9.17) is 9.97 Å². The molecule has 8 aromatic carbocycles. The van der Waals surface area contributed by atoms with Crippen LogP contribution in [-0.4, -0.2) is 9.97 Å². The number of aromatic nitrogens is 2. The molecule has 2 heteroatoms. The fourth-order valence-electron chi connectivity index (χ4n) is 8.95. The third-order valence-electron chi connectivity index (χ3n) is 11.1. The summed E-state index contributed by atoms with van der Waals surface area (Å²) in [5.41, 5.74) is 16.2. The minimum atomic E-state index is -0.457. The van der Waals surface area contributed by atoms with Gasteiger partial charge in [-0.2, -0.15) is 0 Å². The fourth-order valence-corrected chi connectivity index (χ4v) is 8.95. The highest BCUT2D eigenvalue weighted by molar-refractivity contribution is 6.03. The minimum absolute atomic E-state index is 0.457. The van der Waals surface area contributed by atoms with Crippen molar-refractivity contribution in [1.29, 1.82) is 0 Å². The van der Waals surface area contributed by atoms with E-state index in [9.17, 15) is 0 Å². The monoisotopic (exact) mass is 646 g/mol. The molecule has 1 atom stereocenters. The smallest absolute Gasteiger partial charge is 0.161 e. The Bertz CT molecular complexity index is 2870. The lowest BCUT2D eigenvalue weighted by molar-refractivity contribution is 0.795. The van der Waals surface area contributed by atoms with Gasteiger partial charge in [-0.25, -0.2) is 9.97 Å². The van der Waals surface area contributed by atoms with E-state index < -0.39 is 5.41 Å². The summed E-state index contributed by atoms with van der Waals surface area (Å²) in [6.45, 7) is 0. The quantitative estimate of drug-likeness (QED) is 0.191. The van der Waals surface area contributed by atoms with Crippen molar-refractivity contribution in [1.82, 2.24) is 9.97 Å². The number of rotatable bonds is 3. The van der Waals surface area contributed by atoms with Crippen molar-refractivity contribution >= 4 is 21.7 Å². The van der Waals surface area contributed by atoms with E-state index in [0.717, 1.165) is 33.5 Å². The molecule has 1 aromatic heterocycles. The Labute approximate surface area is 296 Å². The summed E-state index contributed by atoms with van der Waals surface area (Å²) in [7, 11) is 0. The summed E-state index contributed by atoms with van der Waals surface area (Å²) in [6, 6.07) is 66.0. The second kappa shape index (κ2) is 10.7. The van der Waals surface area contributed by atoms with Crippen LogP contribution in [0.3, 0.4) is 0 Å². The highest BCUT2D eigenvalue weighted by Crippen LogP contribution is 2.64. The summed E-state index contributed by atoms with van der Waals surface area (Å²) < 4.78 is 0. The number of para-hydroxylation sites is 1. The Balaban J connectivity index is 1.19. The zero-order chi connectivity index (χ0) is 33.5. The van der Waals surface area contributed by atoms with Crippen molar-refractivity contribution in [2.24, 2.45) is 0 Å². The second-order valence-electron chi connectivity index (χ2n) is 13.7. The van der Waals surface area contributed by atoms with Crippen LogP contribution in [0.4, 0.5) is 0 Å². The summed E-state index contributed by atoms with van der Waals surface area (Å²) in [5.74, 6) is 0.738. The van der Waals surface area contributed by atoms with Crippen LogP contribution in [0.5, 0.6) is 0 Å². The Kier molecular flexibility index (Phi) is 5.91. The minimum Gasteiger partial charge on any atom is -0.228 e. The highest BCUT2D eigenvalue weighted by atomic mass is 14.9. The number of hydrogen-bond acceptors (Lipinski definition) is 2. The molecule has 51 heavy (non-hydrogen) atoms. The van der Waals surface area contributed by atoms with Crippen molar-refractivity contribution in [3.05, 3.63) is 204 Å². The van der Waals surface area contributed by atoms with Crippen LogP contribution in [-0.2, 0) is 5.41 Å². The Hall–Kier alpha value is -6.64. The molecule has 1 unspecified atom stereocenters. The van der Waals surface area contributed by atoms with Gasteiger partial charge in [0.1, 0.15) is 0 Å². The third kappa shape index (κ3) is 3.93. The first-order chi connectivity index (χ1) is 25.3. The SMILES string of the molecule is c1ccc(-c2cccc(-c3nc(-c4cccc5c4-c4ccccc4C54c5ccccc5-c5cc6ccccc6cc54)nc4ccccc34)c2)cc1. The normalized spacial score (nSPS) is 15.1. The van der Waals surface area contributed by atoms with Gasteiger partial charge in [0.25, 0.3) is 0 Å². The summed E-state index contributed by atoms with van der Waals surface area (Å²) in [6.07, 6.45) is 0. The molecule has 0 aliphatic heterocycles. The predicted molar refractivity (Wildman–Crippen MR) is 210 cm³/mol. The highest BCUT2D eigenvalue weighted by Gasteiger charge is 2.52. The van der Waals surface area contributed by atoms with Crippen molar-refractivity contribution < 1.29 is 0 Å². The van der Waals surface area contributed by atoms with Gasteiger partial charge in [0.05, 0.1) is 16.6 Å². The maximum absolute atomic E-state index is 5.46. The lowest BCUT2D eigenvalue weighted by atomic mass is 9.70. The molecule has 0 amide bonds. The second-order valence-corrected chi connectivity index (χ2v) is 13.7. The molecule has 11 rings (SSSR count). The van der Waals surface area contributed by atoms with E-state index >= 15 is 0 Å². The third-order valence-corrected chi connectivity index (χ3v) is 11.1. The van der Waals surface area contributed by atoms with Gasteiger partial charge in [-0.05, 0) is 90.7 Å². The molecule has 0 radical (unpaired) electrons. The molecule has 2 aliphatic rings.